The number of benzene rings is 2. The van der Waals surface area contributed by atoms with E-state index in [-0.39, 0.29) is 5.78 Å². The molecule has 2 rings (SSSR count). The van der Waals surface area contributed by atoms with Gasteiger partial charge in [-0.15, -0.1) is 0 Å². The summed E-state index contributed by atoms with van der Waals surface area (Å²) in [5.41, 5.74) is 1.73. The maximum absolute atomic E-state index is 12.4. The normalized spacial score (nSPS) is 10.2. The molecule has 0 bridgehead atoms. The summed E-state index contributed by atoms with van der Waals surface area (Å²) in [5.74, 6) is 0.811. The van der Waals surface area contributed by atoms with Crippen molar-refractivity contribution in [1.29, 1.82) is 0 Å². The molecule has 0 aliphatic rings. The van der Waals surface area contributed by atoms with Crippen molar-refractivity contribution in [3.05, 3.63) is 58.6 Å². The molecule has 110 valence electrons. The van der Waals surface area contributed by atoms with E-state index in [1.54, 1.807) is 25.3 Å². The molecule has 0 radical (unpaired) electrons. The van der Waals surface area contributed by atoms with Gasteiger partial charge in [0, 0.05) is 17.8 Å². The zero-order chi connectivity index (χ0) is 15.2. The molecule has 21 heavy (non-hydrogen) atoms. The summed E-state index contributed by atoms with van der Waals surface area (Å²) in [7, 11) is 1.61. The van der Waals surface area contributed by atoms with E-state index in [9.17, 15) is 4.79 Å². The van der Waals surface area contributed by atoms with Crippen molar-refractivity contribution in [2.24, 2.45) is 0 Å². The molecule has 0 heterocycles. The van der Waals surface area contributed by atoms with Gasteiger partial charge in [-0.3, -0.25) is 4.79 Å². The number of ether oxygens (including phenoxy) is 1. The second-order valence-corrected chi connectivity index (χ2v) is 5.48. The first-order chi connectivity index (χ1) is 10.2. The van der Waals surface area contributed by atoms with E-state index in [1.807, 2.05) is 37.3 Å². The molecule has 0 aliphatic carbocycles. The number of Topliss-reactive ketones (excluding diaryl/α,β-unsaturated/α-hetero) is 1. The summed E-state index contributed by atoms with van der Waals surface area (Å²) in [6.45, 7) is 3.19. The molecule has 0 amide bonds. The molecule has 0 saturated carbocycles. The number of rotatable bonds is 6. The minimum atomic E-state index is 0.0871. The van der Waals surface area contributed by atoms with Gasteiger partial charge in [0.2, 0.25) is 0 Å². The van der Waals surface area contributed by atoms with E-state index < -0.39 is 0 Å². The summed E-state index contributed by atoms with van der Waals surface area (Å²) in [4.78, 5) is 14.5. The van der Waals surface area contributed by atoms with Gasteiger partial charge in [-0.2, -0.15) is 0 Å². The third kappa shape index (κ3) is 3.85. The summed E-state index contributed by atoms with van der Waals surface area (Å²) in [6.07, 6.45) is 0. The molecule has 0 aliphatic heterocycles. The van der Waals surface area contributed by atoms with Crippen LogP contribution >= 0.6 is 15.9 Å². The monoisotopic (exact) mass is 347 g/mol. The number of likely N-dealkylation sites (N-methyl/N-ethyl adjacent to an activating group) is 1. The van der Waals surface area contributed by atoms with Crippen LogP contribution in [0.2, 0.25) is 0 Å². The fourth-order valence-corrected chi connectivity index (χ4v) is 2.67. The van der Waals surface area contributed by atoms with Crippen LogP contribution in [0.25, 0.3) is 0 Å². The maximum atomic E-state index is 12.4. The summed E-state index contributed by atoms with van der Waals surface area (Å²) in [6, 6.07) is 15.4. The molecule has 2 aromatic carbocycles. The number of methoxy groups -OCH3 is 1. The van der Waals surface area contributed by atoms with Crippen molar-refractivity contribution in [1.82, 2.24) is 0 Å². The van der Waals surface area contributed by atoms with Crippen molar-refractivity contribution in [2.75, 3.05) is 25.1 Å². The van der Waals surface area contributed by atoms with E-state index >= 15 is 0 Å². The van der Waals surface area contributed by atoms with Gasteiger partial charge >= 0.3 is 0 Å². The van der Waals surface area contributed by atoms with Crippen LogP contribution in [0, 0.1) is 0 Å². The lowest BCUT2D eigenvalue weighted by Gasteiger charge is -2.22. The molecule has 4 heteroatoms. The number of nitrogens with zero attached hydrogens (tertiary/aromatic N) is 1. The first kappa shape index (κ1) is 15.6. The van der Waals surface area contributed by atoms with Crippen molar-refractivity contribution in [3.8, 4) is 5.75 Å². The maximum Gasteiger partial charge on any atom is 0.182 e. The van der Waals surface area contributed by atoms with Crippen molar-refractivity contribution in [3.63, 3.8) is 0 Å². The molecular weight excluding hydrogens is 330 g/mol. The van der Waals surface area contributed by atoms with Gasteiger partial charge in [-0.1, -0.05) is 18.2 Å². The Morgan fingerprint density at radius 2 is 1.90 bits per heavy atom. The number of halogens is 1. The number of carbonyl (C=O) groups excluding carboxylic acids is 1. The van der Waals surface area contributed by atoms with Crippen LogP contribution in [0.1, 0.15) is 17.3 Å². The fourth-order valence-electron chi connectivity index (χ4n) is 2.13. The number of carbonyl (C=O) groups is 1. The van der Waals surface area contributed by atoms with E-state index in [4.69, 9.17) is 4.74 Å². The second-order valence-electron chi connectivity index (χ2n) is 4.62. The Kier molecular flexibility index (Phi) is 5.39. The largest absolute Gasteiger partial charge is 0.496 e. The first-order valence-electron chi connectivity index (χ1n) is 6.82. The highest BCUT2D eigenvalue weighted by atomic mass is 79.9. The minimum absolute atomic E-state index is 0.0871. The number of anilines is 1. The Labute approximate surface area is 133 Å². The van der Waals surface area contributed by atoms with Crippen LogP contribution in [0.5, 0.6) is 5.75 Å². The molecule has 3 nitrogen and oxygen atoms in total. The second kappa shape index (κ2) is 7.27. The lowest BCUT2D eigenvalue weighted by Crippen LogP contribution is -2.29. The Balaban J connectivity index is 2.15. The predicted octanol–water partition coefficient (Wildman–Crippen LogP) is 4.17. The van der Waals surface area contributed by atoms with Crippen LogP contribution in [-0.2, 0) is 0 Å². The molecule has 0 fully saturated rings. The average molecular weight is 348 g/mol. The number of hydrogen-bond acceptors (Lipinski definition) is 3. The van der Waals surface area contributed by atoms with Crippen LogP contribution in [-0.4, -0.2) is 26.0 Å². The highest BCUT2D eigenvalue weighted by Crippen LogP contribution is 2.26. The Morgan fingerprint density at radius 3 is 2.48 bits per heavy atom. The van der Waals surface area contributed by atoms with Crippen LogP contribution in [0.4, 0.5) is 5.69 Å². The van der Waals surface area contributed by atoms with Gasteiger partial charge < -0.3 is 9.64 Å². The quantitative estimate of drug-likeness (QED) is 0.734. The molecule has 0 aromatic heterocycles. The molecule has 0 unspecified atom stereocenters. The van der Waals surface area contributed by atoms with Crippen LogP contribution in [0.3, 0.4) is 0 Å². The van der Waals surface area contributed by atoms with Gasteiger partial charge in [-0.25, -0.2) is 0 Å². The number of ketones is 1. The van der Waals surface area contributed by atoms with Crippen LogP contribution in [0.15, 0.2) is 53.0 Å². The fraction of sp³-hybridized carbons (Fsp3) is 0.235. The van der Waals surface area contributed by atoms with Gasteiger partial charge in [0.1, 0.15) is 5.75 Å². The van der Waals surface area contributed by atoms with Crippen molar-refractivity contribution < 1.29 is 9.53 Å². The third-order valence-electron chi connectivity index (χ3n) is 3.31. The molecular formula is C17H18BrNO2. The lowest BCUT2D eigenvalue weighted by molar-refractivity contribution is 0.0999. The summed E-state index contributed by atoms with van der Waals surface area (Å²) in [5, 5.41) is 0. The lowest BCUT2D eigenvalue weighted by atomic mass is 10.1. The minimum Gasteiger partial charge on any atom is -0.496 e. The third-order valence-corrected chi connectivity index (χ3v) is 3.93. The zero-order valence-corrected chi connectivity index (χ0v) is 13.8. The van der Waals surface area contributed by atoms with E-state index in [1.165, 1.54) is 0 Å². The van der Waals surface area contributed by atoms with E-state index in [2.05, 4.69) is 20.8 Å². The van der Waals surface area contributed by atoms with Crippen molar-refractivity contribution >= 4 is 27.4 Å². The highest BCUT2D eigenvalue weighted by molar-refractivity contribution is 9.10. The molecule has 0 atom stereocenters. The predicted molar refractivity (Wildman–Crippen MR) is 89.4 cm³/mol. The van der Waals surface area contributed by atoms with E-state index in [0.717, 1.165) is 22.5 Å². The topological polar surface area (TPSA) is 29.5 Å². The van der Waals surface area contributed by atoms with Gasteiger partial charge in [0.05, 0.1) is 18.1 Å². The van der Waals surface area contributed by atoms with Gasteiger partial charge in [0.15, 0.2) is 5.78 Å². The highest BCUT2D eigenvalue weighted by Gasteiger charge is 2.13. The Hall–Kier alpha value is -1.81. The molecule has 2 aromatic rings. The number of para-hydroxylation sites is 1. The standard InChI is InChI=1S/C17H18BrNO2/c1-3-19(14-7-5-4-6-8-14)12-16(20)13-9-10-17(21-2)15(18)11-13/h4-11H,3,12H2,1-2H3. The summed E-state index contributed by atoms with van der Waals surface area (Å²) < 4.78 is 5.97. The zero-order valence-electron chi connectivity index (χ0n) is 12.2. The first-order valence-corrected chi connectivity index (χ1v) is 7.61. The summed E-state index contributed by atoms with van der Waals surface area (Å²) >= 11 is 3.41. The average Bonchev–Trinajstić information content (AvgIpc) is 2.53. The smallest absolute Gasteiger partial charge is 0.182 e. The van der Waals surface area contributed by atoms with Gasteiger partial charge in [0.25, 0.3) is 0 Å². The van der Waals surface area contributed by atoms with Gasteiger partial charge in [-0.05, 0) is 53.2 Å². The number of hydrogen-bond donors (Lipinski definition) is 0. The molecule has 0 saturated heterocycles. The van der Waals surface area contributed by atoms with Crippen molar-refractivity contribution in [2.45, 2.75) is 6.92 Å². The Bertz CT molecular complexity index is 613. The molecule has 0 N–H and O–H groups in total. The Morgan fingerprint density at radius 1 is 1.19 bits per heavy atom. The van der Waals surface area contributed by atoms with E-state index in [0.29, 0.717) is 12.1 Å². The molecule has 0 spiro atoms. The van der Waals surface area contributed by atoms with Crippen LogP contribution < -0.4 is 9.64 Å². The SMILES string of the molecule is CCN(CC(=O)c1ccc(OC)c(Br)c1)c1ccccc1.